The van der Waals surface area contributed by atoms with E-state index in [-0.39, 0.29) is 0 Å². The van der Waals surface area contributed by atoms with E-state index in [9.17, 15) is 9.59 Å². The third-order valence-corrected chi connectivity index (χ3v) is 0.302. The molecule has 0 heterocycles. The van der Waals surface area contributed by atoms with Gasteiger partial charge in [0, 0.05) is 0 Å². The lowest BCUT2D eigenvalue weighted by Crippen LogP contribution is -2.14. The lowest BCUT2D eigenvalue weighted by Gasteiger charge is -1.77. The van der Waals surface area contributed by atoms with Crippen LogP contribution in [-0.2, 0) is 0 Å². The van der Waals surface area contributed by atoms with Crippen molar-refractivity contribution in [2.24, 2.45) is 0 Å². The molecule has 0 spiro atoms. The van der Waals surface area contributed by atoms with Gasteiger partial charge in [0.05, 0.1) is 0 Å². The molecule has 38 valence electrons. The molecule has 0 aliphatic heterocycles. The molecule has 0 unspecified atom stereocenters. The predicted molar refractivity (Wildman–Crippen MR) is 23.2 cm³/mol. The number of rotatable bonds is 2. The van der Waals surface area contributed by atoms with Crippen molar-refractivity contribution in [3.8, 4) is 0 Å². The largest absolute Gasteiger partial charge is 0.489 e. The molecule has 0 rings (SSSR count). The van der Waals surface area contributed by atoms with Gasteiger partial charge in [0.15, 0.2) is 0 Å². The Morgan fingerprint density at radius 2 is 1.43 bits per heavy atom. The molecule has 0 aliphatic carbocycles. The topological polar surface area (TPSA) is 74.6 Å². The molecule has 0 fully saturated rings. The molecular formula is C2H3BO4. The summed E-state index contributed by atoms with van der Waals surface area (Å²) in [4.78, 5) is 18.9. The zero-order valence-corrected chi connectivity index (χ0v) is 3.42. The van der Waals surface area contributed by atoms with Crippen molar-refractivity contribution in [2.75, 3.05) is 0 Å². The maximum Gasteiger partial charge on any atom is 0.392 e. The van der Waals surface area contributed by atoms with Crippen LogP contribution in [-0.4, -0.2) is 29.2 Å². The Bertz CT molecular complexity index is 85.9. The second-order valence-corrected chi connectivity index (χ2v) is 0.964. The zero-order chi connectivity index (χ0) is 5.86. The molecule has 5 heteroatoms. The monoisotopic (exact) mass is 102 g/mol. The molecule has 0 saturated heterocycles. The molecular weight excluding hydrogens is 98.8 g/mol. The summed E-state index contributed by atoms with van der Waals surface area (Å²) in [5.74, 6) is -2.62. The molecule has 0 amide bonds. The molecule has 2 N–H and O–H groups in total. The van der Waals surface area contributed by atoms with Crippen LogP contribution in [0.5, 0.6) is 0 Å². The summed E-state index contributed by atoms with van der Waals surface area (Å²) >= 11 is 0. The molecule has 0 atom stereocenters. The van der Waals surface area contributed by atoms with Gasteiger partial charge in [-0.15, -0.1) is 0 Å². The lowest BCUT2D eigenvalue weighted by atomic mass is 9.80. The van der Waals surface area contributed by atoms with Gasteiger partial charge in [0.1, 0.15) is 0 Å². The van der Waals surface area contributed by atoms with Gasteiger partial charge in [-0.3, -0.25) is 9.59 Å². The number of hydrogen-bond acceptors (Lipinski definition) is 2. The molecule has 0 aliphatic rings. The molecule has 0 saturated carbocycles. The van der Waals surface area contributed by atoms with E-state index < -0.39 is 19.0 Å². The van der Waals surface area contributed by atoms with Crippen molar-refractivity contribution in [1.29, 1.82) is 0 Å². The lowest BCUT2D eigenvalue weighted by molar-refractivity contribution is 0.213. The molecule has 4 nitrogen and oxygen atoms in total. The van der Waals surface area contributed by atoms with Crippen LogP contribution >= 0.6 is 0 Å². The zero-order valence-electron chi connectivity index (χ0n) is 3.42. The Morgan fingerprint density at radius 3 is 1.43 bits per heavy atom. The minimum absolute atomic E-state index is 0.806. The predicted octanol–water partition coefficient (Wildman–Crippen LogP) is -0.221. The highest BCUT2D eigenvalue weighted by atomic mass is 16.4. The Morgan fingerprint density at radius 1 is 1.14 bits per heavy atom. The van der Waals surface area contributed by atoms with Crippen LogP contribution in [0.15, 0.2) is 0 Å². The maximum absolute atomic E-state index is 9.43. The van der Waals surface area contributed by atoms with Crippen LogP contribution in [0.4, 0.5) is 9.59 Å². The first-order valence-electron chi connectivity index (χ1n) is 1.56. The van der Waals surface area contributed by atoms with Crippen molar-refractivity contribution < 1.29 is 19.8 Å². The van der Waals surface area contributed by atoms with Gasteiger partial charge in [0.2, 0.25) is 0 Å². The normalized spacial score (nSPS) is 7.43. The van der Waals surface area contributed by atoms with E-state index in [0.29, 0.717) is 0 Å². The minimum atomic E-state index is -1.31. The van der Waals surface area contributed by atoms with E-state index in [2.05, 4.69) is 0 Å². The molecule has 0 bridgehead atoms. The van der Waals surface area contributed by atoms with Crippen molar-refractivity contribution in [2.45, 2.75) is 0 Å². The molecule has 0 aromatic heterocycles. The fourth-order valence-corrected chi connectivity index (χ4v) is 0.129. The van der Waals surface area contributed by atoms with E-state index in [0.717, 1.165) is 0 Å². The van der Waals surface area contributed by atoms with Crippen molar-refractivity contribution >= 4 is 19.0 Å². The van der Waals surface area contributed by atoms with Crippen LogP contribution in [0.25, 0.3) is 0 Å². The number of carbonyl (C=O) groups is 2. The summed E-state index contributed by atoms with van der Waals surface area (Å²) in [6, 6.07) is 0. The van der Waals surface area contributed by atoms with Gasteiger partial charge >= 0.3 is 7.28 Å². The van der Waals surface area contributed by atoms with Gasteiger partial charge in [-0.2, -0.15) is 0 Å². The van der Waals surface area contributed by atoms with E-state index in [1.165, 1.54) is 0 Å². The van der Waals surface area contributed by atoms with Gasteiger partial charge in [-0.25, -0.2) is 0 Å². The van der Waals surface area contributed by atoms with Crippen LogP contribution in [0.2, 0.25) is 0 Å². The molecule has 0 aromatic rings. The van der Waals surface area contributed by atoms with Crippen molar-refractivity contribution in [1.82, 2.24) is 0 Å². The van der Waals surface area contributed by atoms with Crippen molar-refractivity contribution in [3.05, 3.63) is 0 Å². The SMILES string of the molecule is O=C(O)BC(=O)O. The standard InChI is InChI=1S/C2H3BO4/c4-1(5)3-2(6)7/h3H,(H,4,5)(H,6,7). The summed E-state index contributed by atoms with van der Waals surface area (Å²) in [5.41, 5.74) is 0. The van der Waals surface area contributed by atoms with Gasteiger partial charge in [0.25, 0.3) is 11.7 Å². The number of hydrogen-bond donors (Lipinski definition) is 2. The summed E-state index contributed by atoms with van der Waals surface area (Å²) in [5, 5.41) is 15.4. The fourth-order valence-electron chi connectivity index (χ4n) is 0.129. The highest BCUT2D eigenvalue weighted by Gasteiger charge is 2.07. The molecule has 7 heavy (non-hydrogen) atoms. The average molecular weight is 102 g/mol. The quantitative estimate of drug-likeness (QED) is 0.472. The van der Waals surface area contributed by atoms with Crippen LogP contribution in [0.1, 0.15) is 0 Å². The summed E-state index contributed by atoms with van der Waals surface area (Å²) in [6.45, 7) is 0. The molecule has 0 radical (unpaired) electrons. The second-order valence-electron chi connectivity index (χ2n) is 0.964. The van der Waals surface area contributed by atoms with Gasteiger partial charge in [-0.05, 0) is 0 Å². The Labute approximate surface area is 40.0 Å². The van der Waals surface area contributed by atoms with Crippen LogP contribution in [0, 0.1) is 0 Å². The highest BCUT2D eigenvalue weighted by Crippen LogP contribution is 1.65. The van der Waals surface area contributed by atoms with E-state index in [1.54, 1.807) is 0 Å². The molecule has 0 aromatic carbocycles. The first-order chi connectivity index (χ1) is 3.13. The van der Waals surface area contributed by atoms with Crippen molar-refractivity contribution in [3.63, 3.8) is 0 Å². The third-order valence-electron chi connectivity index (χ3n) is 0.302. The first kappa shape index (κ1) is 6.00. The Kier molecular flexibility index (Phi) is 1.91. The van der Waals surface area contributed by atoms with Crippen LogP contribution in [0.3, 0.4) is 0 Å². The Hall–Kier alpha value is -0.995. The van der Waals surface area contributed by atoms with E-state index in [1.807, 2.05) is 0 Å². The van der Waals surface area contributed by atoms with E-state index in [4.69, 9.17) is 10.2 Å². The highest BCUT2D eigenvalue weighted by molar-refractivity contribution is 6.94. The summed E-state index contributed by atoms with van der Waals surface area (Å²) < 4.78 is 0. The fraction of sp³-hybridized carbons (Fsp3) is 0. The average Bonchev–Trinajstić information content (AvgIpc) is 1.27. The smallest absolute Gasteiger partial charge is 0.392 e. The Balaban J connectivity index is 3.32. The van der Waals surface area contributed by atoms with Gasteiger partial charge in [-0.1, -0.05) is 0 Å². The second kappa shape index (κ2) is 2.23. The minimum Gasteiger partial charge on any atom is -0.489 e. The summed E-state index contributed by atoms with van der Waals surface area (Å²) in [6.07, 6.45) is 0. The van der Waals surface area contributed by atoms with Gasteiger partial charge < -0.3 is 10.2 Å². The van der Waals surface area contributed by atoms with E-state index >= 15 is 0 Å². The third kappa shape index (κ3) is 5.00. The maximum atomic E-state index is 9.43. The van der Waals surface area contributed by atoms with Crippen LogP contribution < -0.4 is 0 Å². The first-order valence-corrected chi connectivity index (χ1v) is 1.56. The number of carboxylic acid groups (broad SMARTS) is 2. The summed E-state index contributed by atoms with van der Waals surface area (Å²) in [7, 11) is -0.806.